The number of aromatic nitrogens is 5. The Balaban J connectivity index is 1.92. The van der Waals surface area contributed by atoms with Crippen LogP contribution in [0.1, 0.15) is 30.9 Å². The first-order chi connectivity index (χ1) is 11.2. The van der Waals surface area contributed by atoms with Gasteiger partial charge in [0.2, 0.25) is 5.16 Å². The van der Waals surface area contributed by atoms with E-state index < -0.39 is 0 Å². The number of pyridine rings is 1. The molecule has 0 aliphatic carbocycles. The second-order valence-electron chi connectivity index (χ2n) is 5.19. The largest absolute Gasteiger partial charge is 0.248 e. The van der Waals surface area contributed by atoms with Gasteiger partial charge in [-0.05, 0) is 57.9 Å². The molecule has 114 valence electrons. The molecule has 23 heavy (non-hydrogen) atoms. The molecule has 0 aliphatic rings. The lowest BCUT2D eigenvalue weighted by Gasteiger charge is -2.08. The van der Waals surface area contributed by atoms with Crippen molar-refractivity contribution in [2.45, 2.75) is 29.9 Å². The van der Waals surface area contributed by atoms with Crippen molar-refractivity contribution in [2.75, 3.05) is 0 Å². The lowest BCUT2D eigenvalue weighted by atomic mass is 10.0. The molecule has 0 saturated heterocycles. The quantitative estimate of drug-likeness (QED) is 0.734. The zero-order valence-electron chi connectivity index (χ0n) is 12.7. The topological polar surface area (TPSA) is 80.3 Å². The molecule has 0 radical (unpaired) electrons. The fourth-order valence-electron chi connectivity index (χ4n) is 2.05. The van der Waals surface area contributed by atoms with Crippen molar-refractivity contribution < 1.29 is 0 Å². The van der Waals surface area contributed by atoms with Crippen LogP contribution < -0.4 is 0 Å². The van der Waals surface area contributed by atoms with Crippen molar-refractivity contribution in [1.82, 2.24) is 25.2 Å². The fraction of sp³-hybridized carbons (Fsp3) is 0.188. The SMILES string of the molecule is CC(C)c1ccc(-n2nnnc2Sc2ncccc2C#N)cc1. The Morgan fingerprint density at radius 3 is 2.65 bits per heavy atom. The molecule has 0 atom stereocenters. The summed E-state index contributed by atoms with van der Waals surface area (Å²) in [6.07, 6.45) is 1.65. The van der Waals surface area contributed by atoms with Gasteiger partial charge >= 0.3 is 0 Å². The van der Waals surface area contributed by atoms with Crippen LogP contribution in [0.25, 0.3) is 5.69 Å². The Morgan fingerprint density at radius 1 is 1.17 bits per heavy atom. The molecule has 0 N–H and O–H groups in total. The van der Waals surface area contributed by atoms with E-state index in [1.165, 1.54) is 17.3 Å². The van der Waals surface area contributed by atoms with E-state index in [1.807, 2.05) is 12.1 Å². The Bertz CT molecular complexity index is 848. The van der Waals surface area contributed by atoms with E-state index in [4.69, 9.17) is 5.26 Å². The van der Waals surface area contributed by atoms with Gasteiger partial charge in [0.15, 0.2) is 0 Å². The van der Waals surface area contributed by atoms with E-state index >= 15 is 0 Å². The normalized spacial score (nSPS) is 10.7. The van der Waals surface area contributed by atoms with E-state index in [1.54, 1.807) is 23.0 Å². The minimum atomic E-state index is 0.471. The van der Waals surface area contributed by atoms with Crippen LogP contribution in [0.4, 0.5) is 0 Å². The highest BCUT2D eigenvalue weighted by molar-refractivity contribution is 7.99. The van der Waals surface area contributed by atoms with Crippen LogP contribution in [0, 0.1) is 11.3 Å². The predicted molar refractivity (Wildman–Crippen MR) is 86.3 cm³/mol. The van der Waals surface area contributed by atoms with Crippen molar-refractivity contribution in [1.29, 1.82) is 5.26 Å². The number of rotatable bonds is 4. The molecule has 0 fully saturated rings. The molecule has 2 aromatic heterocycles. The van der Waals surface area contributed by atoms with Crippen LogP contribution in [0.2, 0.25) is 0 Å². The summed E-state index contributed by atoms with van der Waals surface area (Å²) in [5.41, 5.74) is 2.63. The average Bonchev–Trinajstić information content (AvgIpc) is 3.03. The first kappa shape index (κ1) is 15.2. The maximum Gasteiger partial charge on any atom is 0.220 e. The van der Waals surface area contributed by atoms with Gasteiger partial charge in [0.25, 0.3) is 0 Å². The molecule has 7 heteroatoms. The van der Waals surface area contributed by atoms with Crippen LogP contribution >= 0.6 is 11.8 Å². The fourth-order valence-corrected chi connectivity index (χ4v) is 2.86. The van der Waals surface area contributed by atoms with Gasteiger partial charge in [0.05, 0.1) is 11.3 Å². The molecular weight excluding hydrogens is 308 g/mol. The minimum absolute atomic E-state index is 0.471. The van der Waals surface area contributed by atoms with Gasteiger partial charge in [-0.15, -0.1) is 5.10 Å². The highest BCUT2D eigenvalue weighted by Crippen LogP contribution is 2.28. The summed E-state index contributed by atoms with van der Waals surface area (Å²) in [5, 5.41) is 22.1. The molecule has 6 nitrogen and oxygen atoms in total. The van der Waals surface area contributed by atoms with Crippen molar-refractivity contribution in [3.05, 3.63) is 53.7 Å². The van der Waals surface area contributed by atoms with E-state index in [9.17, 15) is 0 Å². The molecule has 3 rings (SSSR count). The molecule has 0 amide bonds. The summed E-state index contributed by atoms with van der Waals surface area (Å²) in [6.45, 7) is 4.30. The summed E-state index contributed by atoms with van der Waals surface area (Å²) in [4.78, 5) is 4.23. The number of nitriles is 1. The van der Waals surface area contributed by atoms with Gasteiger partial charge in [-0.2, -0.15) is 9.94 Å². The van der Waals surface area contributed by atoms with Gasteiger partial charge in [0.1, 0.15) is 11.1 Å². The second-order valence-corrected chi connectivity index (χ2v) is 6.15. The number of hydrogen-bond acceptors (Lipinski definition) is 6. The third-order valence-corrected chi connectivity index (χ3v) is 4.28. The maximum absolute atomic E-state index is 9.15. The molecule has 0 aliphatic heterocycles. The molecule has 0 bridgehead atoms. The third-order valence-electron chi connectivity index (χ3n) is 3.32. The number of nitrogens with zero attached hydrogens (tertiary/aromatic N) is 6. The summed E-state index contributed by atoms with van der Waals surface area (Å²) in [5.74, 6) is 0.471. The Labute approximate surface area is 138 Å². The van der Waals surface area contributed by atoms with E-state index in [0.717, 1.165) is 5.69 Å². The van der Waals surface area contributed by atoms with Gasteiger partial charge in [0, 0.05) is 6.20 Å². The van der Waals surface area contributed by atoms with Crippen LogP contribution in [-0.4, -0.2) is 25.2 Å². The smallest absolute Gasteiger partial charge is 0.220 e. The molecule has 0 unspecified atom stereocenters. The zero-order chi connectivity index (χ0) is 16.2. The van der Waals surface area contributed by atoms with Gasteiger partial charge in [-0.1, -0.05) is 26.0 Å². The number of hydrogen-bond donors (Lipinski definition) is 0. The van der Waals surface area contributed by atoms with Crippen LogP contribution in [-0.2, 0) is 0 Å². The van der Waals surface area contributed by atoms with E-state index in [2.05, 4.69) is 52.6 Å². The predicted octanol–water partition coefficient (Wildman–Crippen LogP) is 3.20. The van der Waals surface area contributed by atoms with Gasteiger partial charge in [-0.3, -0.25) is 0 Å². The Morgan fingerprint density at radius 2 is 1.96 bits per heavy atom. The van der Waals surface area contributed by atoms with Crippen LogP contribution in [0.3, 0.4) is 0 Å². The minimum Gasteiger partial charge on any atom is -0.248 e. The summed E-state index contributed by atoms with van der Waals surface area (Å²) in [7, 11) is 0. The monoisotopic (exact) mass is 322 g/mol. The van der Waals surface area contributed by atoms with E-state index in [-0.39, 0.29) is 0 Å². The highest BCUT2D eigenvalue weighted by atomic mass is 32.2. The Hall–Kier alpha value is -2.72. The Kier molecular flexibility index (Phi) is 4.35. The zero-order valence-corrected chi connectivity index (χ0v) is 13.5. The van der Waals surface area contributed by atoms with Crippen molar-refractivity contribution in [2.24, 2.45) is 0 Å². The first-order valence-electron chi connectivity index (χ1n) is 7.10. The molecule has 3 aromatic rings. The molecule has 2 heterocycles. The lowest BCUT2D eigenvalue weighted by Crippen LogP contribution is -2.00. The molecular formula is C16H14N6S. The number of benzene rings is 1. The second kappa shape index (κ2) is 6.58. The lowest BCUT2D eigenvalue weighted by molar-refractivity contribution is 0.754. The first-order valence-corrected chi connectivity index (χ1v) is 7.92. The van der Waals surface area contributed by atoms with Crippen LogP contribution in [0.5, 0.6) is 0 Å². The average molecular weight is 322 g/mol. The summed E-state index contributed by atoms with van der Waals surface area (Å²) < 4.78 is 1.64. The molecule has 0 spiro atoms. The van der Waals surface area contributed by atoms with Crippen molar-refractivity contribution in [3.63, 3.8) is 0 Å². The summed E-state index contributed by atoms with van der Waals surface area (Å²) >= 11 is 1.27. The van der Waals surface area contributed by atoms with Gasteiger partial charge in [-0.25, -0.2) is 4.98 Å². The van der Waals surface area contributed by atoms with Crippen molar-refractivity contribution >= 4 is 11.8 Å². The summed E-state index contributed by atoms with van der Waals surface area (Å²) in [6, 6.07) is 13.7. The van der Waals surface area contributed by atoms with E-state index in [0.29, 0.717) is 21.7 Å². The molecule has 1 aromatic carbocycles. The van der Waals surface area contributed by atoms with Gasteiger partial charge < -0.3 is 0 Å². The highest BCUT2D eigenvalue weighted by Gasteiger charge is 2.13. The number of tetrazole rings is 1. The third kappa shape index (κ3) is 3.22. The standard InChI is InChI=1S/C16H14N6S/c1-11(2)12-5-7-14(8-6-12)22-16(19-20-21-22)23-15-13(10-17)4-3-9-18-15/h3-9,11H,1-2H3. The maximum atomic E-state index is 9.15. The molecule has 0 saturated carbocycles. The van der Waals surface area contributed by atoms with Crippen molar-refractivity contribution in [3.8, 4) is 11.8 Å². The van der Waals surface area contributed by atoms with Crippen LogP contribution in [0.15, 0.2) is 52.8 Å².